The predicted octanol–water partition coefficient (Wildman–Crippen LogP) is 3.26. The fourth-order valence-corrected chi connectivity index (χ4v) is 1.32. The molecule has 0 aromatic heterocycles. The minimum absolute atomic E-state index is 0.218. The molecule has 0 saturated heterocycles. The predicted molar refractivity (Wildman–Crippen MR) is 82.9 cm³/mol. The molecule has 0 rings (SSSR count). The van der Waals surface area contributed by atoms with Gasteiger partial charge in [-0.2, -0.15) is 0 Å². The van der Waals surface area contributed by atoms with Gasteiger partial charge in [-0.05, 0) is 41.3 Å². The van der Waals surface area contributed by atoms with Gasteiger partial charge in [-0.25, -0.2) is 4.99 Å². The molecule has 0 radical (unpaired) electrons. The molecule has 19 heavy (non-hydrogen) atoms. The van der Waals surface area contributed by atoms with E-state index in [2.05, 4.69) is 34.6 Å². The molecular formula is C15H27N3O. The lowest BCUT2D eigenvalue weighted by Gasteiger charge is -2.19. The third-order valence-corrected chi connectivity index (χ3v) is 2.17. The van der Waals surface area contributed by atoms with Crippen LogP contribution in [0.4, 0.5) is 0 Å². The van der Waals surface area contributed by atoms with E-state index in [0.29, 0.717) is 5.90 Å². The summed E-state index contributed by atoms with van der Waals surface area (Å²) in [6.07, 6.45) is 3.20. The maximum absolute atomic E-state index is 5.55. The molecule has 108 valence electrons. The zero-order chi connectivity index (χ0) is 14.9. The molecule has 0 heterocycles. The molecular weight excluding hydrogens is 238 g/mol. The number of ether oxygens (including phenoxy) is 1. The smallest absolute Gasteiger partial charge is 0.185 e. The largest absolute Gasteiger partial charge is 0.475 e. The Kier molecular flexibility index (Phi) is 8.05. The first-order valence-electron chi connectivity index (χ1n) is 6.59. The molecule has 0 fully saturated rings. The van der Waals surface area contributed by atoms with Crippen LogP contribution in [0.3, 0.4) is 0 Å². The van der Waals surface area contributed by atoms with Gasteiger partial charge in [-0.3, -0.25) is 4.99 Å². The third kappa shape index (κ3) is 11.4. The second-order valence-corrected chi connectivity index (χ2v) is 5.48. The minimum Gasteiger partial charge on any atom is -0.475 e. The van der Waals surface area contributed by atoms with E-state index >= 15 is 0 Å². The van der Waals surface area contributed by atoms with E-state index in [1.807, 2.05) is 34.6 Å². The lowest BCUT2D eigenvalue weighted by molar-refractivity contribution is 0.115. The van der Waals surface area contributed by atoms with Crippen LogP contribution in [0.15, 0.2) is 28.1 Å². The summed E-state index contributed by atoms with van der Waals surface area (Å²) in [6.45, 7) is 13.8. The van der Waals surface area contributed by atoms with Gasteiger partial charge >= 0.3 is 0 Å². The van der Waals surface area contributed by atoms with Crippen LogP contribution in [-0.2, 0) is 4.74 Å². The van der Waals surface area contributed by atoms with Crippen molar-refractivity contribution < 1.29 is 4.74 Å². The van der Waals surface area contributed by atoms with Gasteiger partial charge in [-0.1, -0.05) is 12.7 Å². The van der Waals surface area contributed by atoms with Gasteiger partial charge in [-0.15, -0.1) is 0 Å². The van der Waals surface area contributed by atoms with Gasteiger partial charge in [0.1, 0.15) is 5.60 Å². The van der Waals surface area contributed by atoms with Gasteiger partial charge in [0.2, 0.25) is 0 Å². The molecule has 0 aliphatic carbocycles. The van der Waals surface area contributed by atoms with Crippen molar-refractivity contribution in [2.45, 2.75) is 47.1 Å². The minimum atomic E-state index is -0.218. The average Bonchev–Trinajstić information content (AvgIpc) is 2.25. The molecule has 0 aromatic carbocycles. The summed E-state index contributed by atoms with van der Waals surface area (Å²) < 4.78 is 5.55. The lowest BCUT2D eigenvalue weighted by atomic mass is 10.2. The number of rotatable bonds is 5. The summed E-state index contributed by atoms with van der Waals surface area (Å²) in [5.41, 5.74) is 3.74. The van der Waals surface area contributed by atoms with Crippen molar-refractivity contribution in [3.05, 3.63) is 18.1 Å². The van der Waals surface area contributed by atoms with E-state index < -0.39 is 0 Å². The first-order valence-corrected chi connectivity index (χ1v) is 6.59. The van der Waals surface area contributed by atoms with Crippen LogP contribution in [0, 0.1) is 0 Å². The molecule has 4 nitrogen and oxygen atoms in total. The van der Waals surface area contributed by atoms with E-state index in [-0.39, 0.29) is 5.60 Å². The van der Waals surface area contributed by atoms with Gasteiger partial charge in [0, 0.05) is 19.2 Å². The number of hydrogen-bond donors (Lipinski definition) is 0. The van der Waals surface area contributed by atoms with Gasteiger partial charge in [0.15, 0.2) is 5.90 Å². The van der Waals surface area contributed by atoms with Crippen LogP contribution in [0.2, 0.25) is 0 Å². The Hall–Kier alpha value is -1.38. The Bertz CT molecular complexity index is 383. The van der Waals surface area contributed by atoms with Crippen molar-refractivity contribution in [2.24, 2.45) is 9.98 Å². The highest BCUT2D eigenvalue weighted by Crippen LogP contribution is 2.07. The molecule has 0 N–H and O–H groups in total. The second kappa shape index (κ2) is 8.68. The SMILES string of the molecule is CCN(C)CC(C)=NC=C=CN=C(C)OC(C)(C)C. The molecule has 0 aromatic rings. The molecule has 0 atom stereocenters. The summed E-state index contributed by atoms with van der Waals surface area (Å²) in [5, 5.41) is 0. The highest BCUT2D eigenvalue weighted by molar-refractivity contribution is 5.84. The average molecular weight is 265 g/mol. The first-order chi connectivity index (χ1) is 8.74. The number of nitrogens with zero attached hydrogens (tertiary/aromatic N) is 3. The molecule has 0 aliphatic heterocycles. The van der Waals surface area contributed by atoms with Crippen molar-refractivity contribution in [1.29, 1.82) is 0 Å². The fourth-order valence-electron chi connectivity index (χ4n) is 1.32. The van der Waals surface area contributed by atoms with Gasteiger partial charge in [0.25, 0.3) is 0 Å². The fraction of sp³-hybridized carbons (Fsp3) is 0.667. The molecule has 4 heteroatoms. The zero-order valence-electron chi connectivity index (χ0n) is 13.3. The Morgan fingerprint density at radius 1 is 1.21 bits per heavy atom. The first kappa shape index (κ1) is 17.6. The van der Waals surface area contributed by atoms with E-state index in [9.17, 15) is 0 Å². The van der Waals surface area contributed by atoms with Crippen LogP contribution >= 0.6 is 0 Å². The van der Waals surface area contributed by atoms with E-state index in [1.165, 1.54) is 0 Å². The van der Waals surface area contributed by atoms with Crippen LogP contribution in [0.1, 0.15) is 41.5 Å². The summed E-state index contributed by atoms with van der Waals surface area (Å²) in [7, 11) is 2.07. The Balaban J connectivity index is 4.36. The lowest BCUT2D eigenvalue weighted by Crippen LogP contribution is -2.23. The van der Waals surface area contributed by atoms with Crippen molar-refractivity contribution in [2.75, 3.05) is 20.1 Å². The normalized spacial score (nSPS) is 13.3. The molecule has 0 saturated carbocycles. The van der Waals surface area contributed by atoms with Crippen LogP contribution < -0.4 is 0 Å². The topological polar surface area (TPSA) is 37.2 Å². The molecule has 0 bridgehead atoms. The van der Waals surface area contributed by atoms with Crippen molar-refractivity contribution in [3.8, 4) is 0 Å². The maximum atomic E-state index is 5.55. The van der Waals surface area contributed by atoms with E-state index in [1.54, 1.807) is 12.4 Å². The zero-order valence-corrected chi connectivity index (χ0v) is 13.3. The molecule has 0 aliphatic rings. The maximum Gasteiger partial charge on any atom is 0.185 e. The summed E-state index contributed by atoms with van der Waals surface area (Å²) in [6, 6.07) is 0. The Morgan fingerprint density at radius 3 is 2.32 bits per heavy atom. The number of hydrogen-bond acceptors (Lipinski definition) is 4. The second-order valence-electron chi connectivity index (χ2n) is 5.48. The van der Waals surface area contributed by atoms with Crippen LogP contribution in [-0.4, -0.2) is 42.2 Å². The quantitative estimate of drug-likeness (QED) is 0.434. The summed E-state index contributed by atoms with van der Waals surface area (Å²) in [4.78, 5) is 10.6. The highest BCUT2D eigenvalue weighted by Gasteiger charge is 2.10. The van der Waals surface area contributed by atoms with Crippen molar-refractivity contribution in [1.82, 2.24) is 4.90 Å². The Morgan fingerprint density at radius 2 is 1.79 bits per heavy atom. The molecule has 0 spiro atoms. The summed E-state index contributed by atoms with van der Waals surface area (Å²) in [5.74, 6) is 0.625. The van der Waals surface area contributed by atoms with Crippen LogP contribution in [0.5, 0.6) is 0 Å². The Labute approximate surface area is 117 Å². The summed E-state index contributed by atoms with van der Waals surface area (Å²) >= 11 is 0. The van der Waals surface area contributed by atoms with Crippen molar-refractivity contribution >= 4 is 11.6 Å². The monoisotopic (exact) mass is 265 g/mol. The highest BCUT2D eigenvalue weighted by atomic mass is 16.5. The van der Waals surface area contributed by atoms with E-state index in [0.717, 1.165) is 18.8 Å². The van der Waals surface area contributed by atoms with Gasteiger partial charge < -0.3 is 9.64 Å². The molecule has 0 amide bonds. The van der Waals surface area contributed by atoms with E-state index in [4.69, 9.17) is 4.74 Å². The standard InChI is InChI=1S/C15H27N3O/c1-8-18(7)12-13(2)16-10-9-11-17-14(3)19-15(4,5)6/h10-11H,8,12H2,1-7H3. The van der Waals surface area contributed by atoms with Crippen LogP contribution in [0.25, 0.3) is 0 Å². The van der Waals surface area contributed by atoms with Gasteiger partial charge in [0.05, 0.1) is 12.4 Å². The molecule has 0 unspecified atom stereocenters. The number of aliphatic imine (C=N–C) groups is 2. The van der Waals surface area contributed by atoms with Crippen molar-refractivity contribution in [3.63, 3.8) is 0 Å². The third-order valence-electron chi connectivity index (χ3n) is 2.17.